The molecule has 1 fully saturated rings. The van der Waals surface area contributed by atoms with Crippen molar-refractivity contribution in [1.82, 2.24) is 9.55 Å². The summed E-state index contributed by atoms with van der Waals surface area (Å²) in [5.41, 5.74) is 1.75. The molecular formula is C21H19F3N2O2. The molecule has 7 heteroatoms. The van der Waals surface area contributed by atoms with Gasteiger partial charge in [0.2, 0.25) is 0 Å². The van der Waals surface area contributed by atoms with Gasteiger partial charge in [-0.2, -0.15) is 8.78 Å². The summed E-state index contributed by atoms with van der Waals surface area (Å²) >= 11 is 0. The predicted molar refractivity (Wildman–Crippen MR) is 98.6 cm³/mol. The summed E-state index contributed by atoms with van der Waals surface area (Å²) in [4.78, 5) is 4.44. The van der Waals surface area contributed by atoms with Crippen LogP contribution in [0.2, 0.25) is 0 Å². The Balaban J connectivity index is 1.61. The predicted octanol–water partition coefficient (Wildman–Crippen LogP) is 4.99. The standard InChI is InChI=1S/C21H19F3N2O2/c22-18-3-1-2-17(19(18)28-21(23)24)15-4-6-16(7-5-15)20-25-9-10-26(20)12-14-8-11-27-13-14/h1-7,9-10,14,21H,8,11-13H2. The van der Waals surface area contributed by atoms with Crippen LogP contribution in [0.5, 0.6) is 5.75 Å². The third-order valence-electron chi connectivity index (χ3n) is 4.82. The van der Waals surface area contributed by atoms with Crippen LogP contribution in [0.3, 0.4) is 0 Å². The normalized spacial score (nSPS) is 16.6. The number of nitrogens with zero attached hydrogens (tertiary/aromatic N) is 2. The van der Waals surface area contributed by atoms with Crippen LogP contribution in [0, 0.1) is 11.7 Å². The molecular weight excluding hydrogens is 369 g/mol. The molecule has 1 aliphatic heterocycles. The molecule has 1 atom stereocenters. The average Bonchev–Trinajstić information content (AvgIpc) is 3.36. The summed E-state index contributed by atoms with van der Waals surface area (Å²) in [6.45, 7) is -0.724. The minimum Gasteiger partial charge on any atom is -0.431 e. The van der Waals surface area contributed by atoms with Crippen molar-refractivity contribution in [2.75, 3.05) is 13.2 Å². The molecule has 1 aliphatic rings. The lowest BCUT2D eigenvalue weighted by Gasteiger charge is -2.14. The van der Waals surface area contributed by atoms with E-state index in [1.54, 1.807) is 24.4 Å². The molecule has 4 rings (SSSR count). The first-order valence-electron chi connectivity index (χ1n) is 9.05. The van der Waals surface area contributed by atoms with E-state index in [1.165, 1.54) is 6.07 Å². The lowest BCUT2D eigenvalue weighted by atomic mass is 10.0. The summed E-state index contributed by atoms with van der Waals surface area (Å²) in [5, 5.41) is 0. The maximum atomic E-state index is 14.0. The Morgan fingerprint density at radius 1 is 1.14 bits per heavy atom. The van der Waals surface area contributed by atoms with Crippen LogP contribution in [0.4, 0.5) is 13.2 Å². The van der Waals surface area contributed by atoms with Crippen LogP contribution in [0.25, 0.3) is 22.5 Å². The second kappa shape index (κ2) is 8.06. The molecule has 1 unspecified atom stereocenters. The van der Waals surface area contributed by atoms with Gasteiger partial charge in [-0.1, -0.05) is 36.4 Å². The fourth-order valence-electron chi connectivity index (χ4n) is 3.47. The van der Waals surface area contributed by atoms with Crippen molar-refractivity contribution in [2.45, 2.75) is 19.6 Å². The Labute approximate surface area is 160 Å². The molecule has 3 aromatic rings. The minimum atomic E-state index is -3.10. The zero-order chi connectivity index (χ0) is 19.5. The molecule has 0 aliphatic carbocycles. The molecule has 0 radical (unpaired) electrons. The monoisotopic (exact) mass is 388 g/mol. The van der Waals surface area contributed by atoms with E-state index in [9.17, 15) is 13.2 Å². The van der Waals surface area contributed by atoms with Gasteiger partial charge in [-0.05, 0) is 18.1 Å². The second-order valence-corrected chi connectivity index (χ2v) is 6.71. The number of hydrogen-bond donors (Lipinski definition) is 0. The Morgan fingerprint density at radius 3 is 2.64 bits per heavy atom. The lowest BCUT2D eigenvalue weighted by molar-refractivity contribution is -0.0517. The topological polar surface area (TPSA) is 36.3 Å². The number of rotatable bonds is 6. The van der Waals surface area contributed by atoms with Gasteiger partial charge >= 0.3 is 6.61 Å². The van der Waals surface area contributed by atoms with Gasteiger partial charge in [0.25, 0.3) is 0 Å². The van der Waals surface area contributed by atoms with E-state index in [0.29, 0.717) is 11.5 Å². The smallest absolute Gasteiger partial charge is 0.387 e. The number of halogens is 3. The molecule has 0 N–H and O–H groups in total. The maximum Gasteiger partial charge on any atom is 0.387 e. The molecule has 1 saturated heterocycles. The van der Waals surface area contributed by atoms with Gasteiger partial charge in [-0.25, -0.2) is 9.37 Å². The van der Waals surface area contributed by atoms with E-state index in [4.69, 9.17) is 4.74 Å². The molecule has 0 saturated carbocycles. The third kappa shape index (κ3) is 3.89. The summed E-state index contributed by atoms with van der Waals surface area (Å²) in [6, 6.07) is 11.3. The van der Waals surface area contributed by atoms with E-state index < -0.39 is 18.2 Å². The minimum absolute atomic E-state index is 0.276. The number of para-hydroxylation sites is 1. The summed E-state index contributed by atoms with van der Waals surface area (Å²) in [6.07, 6.45) is 4.71. The Hall–Kier alpha value is -2.80. The highest BCUT2D eigenvalue weighted by Crippen LogP contribution is 2.34. The van der Waals surface area contributed by atoms with Crippen molar-refractivity contribution in [1.29, 1.82) is 0 Å². The SMILES string of the molecule is Fc1cccc(-c2ccc(-c3nccn3CC3CCOC3)cc2)c1OC(F)F. The molecule has 1 aromatic heterocycles. The summed E-state index contributed by atoms with van der Waals surface area (Å²) < 4.78 is 51.2. The van der Waals surface area contributed by atoms with Crippen molar-refractivity contribution in [3.05, 3.63) is 60.7 Å². The molecule has 0 bridgehead atoms. The molecule has 2 aromatic carbocycles. The average molecular weight is 388 g/mol. The van der Waals surface area contributed by atoms with E-state index in [2.05, 4.69) is 14.3 Å². The van der Waals surface area contributed by atoms with Gasteiger partial charge in [0.05, 0.1) is 6.61 Å². The van der Waals surface area contributed by atoms with Gasteiger partial charge in [-0.15, -0.1) is 0 Å². The molecule has 0 amide bonds. The van der Waals surface area contributed by atoms with Gasteiger partial charge in [-0.3, -0.25) is 0 Å². The van der Waals surface area contributed by atoms with Gasteiger partial charge in [0.1, 0.15) is 5.82 Å². The van der Waals surface area contributed by atoms with Crippen LogP contribution in [0.1, 0.15) is 6.42 Å². The highest BCUT2D eigenvalue weighted by atomic mass is 19.3. The number of hydrogen-bond acceptors (Lipinski definition) is 3. The number of aromatic nitrogens is 2. The third-order valence-corrected chi connectivity index (χ3v) is 4.82. The van der Waals surface area contributed by atoms with E-state index in [-0.39, 0.29) is 5.56 Å². The van der Waals surface area contributed by atoms with Gasteiger partial charge in [0.15, 0.2) is 11.6 Å². The van der Waals surface area contributed by atoms with Crippen molar-refractivity contribution in [3.63, 3.8) is 0 Å². The van der Waals surface area contributed by atoms with Crippen molar-refractivity contribution >= 4 is 0 Å². The Bertz CT molecular complexity index is 935. The molecule has 0 spiro atoms. The van der Waals surface area contributed by atoms with Crippen molar-refractivity contribution in [3.8, 4) is 28.3 Å². The van der Waals surface area contributed by atoms with Crippen LogP contribution >= 0.6 is 0 Å². The number of alkyl halides is 2. The first-order valence-corrected chi connectivity index (χ1v) is 9.05. The molecule has 4 nitrogen and oxygen atoms in total. The van der Waals surface area contributed by atoms with E-state index in [1.807, 2.05) is 18.3 Å². The van der Waals surface area contributed by atoms with E-state index >= 15 is 0 Å². The van der Waals surface area contributed by atoms with Crippen LogP contribution < -0.4 is 4.74 Å². The zero-order valence-electron chi connectivity index (χ0n) is 15.0. The second-order valence-electron chi connectivity index (χ2n) is 6.71. The highest BCUT2D eigenvalue weighted by molar-refractivity contribution is 5.73. The van der Waals surface area contributed by atoms with Crippen molar-refractivity contribution in [2.24, 2.45) is 5.92 Å². The Morgan fingerprint density at radius 2 is 1.93 bits per heavy atom. The highest BCUT2D eigenvalue weighted by Gasteiger charge is 2.19. The molecule has 146 valence electrons. The summed E-state index contributed by atoms with van der Waals surface area (Å²) in [5.74, 6) is 0.0134. The quantitative estimate of drug-likeness (QED) is 0.597. The first-order chi connectivity index (χ1) is 13.6. The number of benzene rings is 2. The fraction of sp³-hybridized carbons (Fsp3) is 0.286. The van der Waals surface area contributed by atoms with Gasteiger partial charge in [0, 0.05) is 42.6 Å². The van der Waals surface area contributed by atoms with E-state index in [0.717, 1.165) is 43.6 Å². The maximum absolute atomic E-state index is 14.0. The number of ether oxygens (including phenoxy) is 2. The van der Waals surface area contributed by atoms with Crippen LogP contribution in [-0.4, -0.2) is 29.4 Å². The zero-order valence-corrected chi connectivity index (χ0v) is 15.0. The molecule has 28 heavy (non-hydrogen) atoms. The van der Waals surface area contributed by atoms with Crippen LogP contribution in [0.15, 0.2) is 54.9 Å². The lowest BCUT2D eigenvalue weighted by Crippen LogP contribution is -2.11. The summed E-state index contributed by atoms with van der Waals surface area (Å²) in [7, 11) is 0. The first kappa shape index (κ1) is 18.6. The largest absolute Gasteiger partial charge is 0.431 e. The van der Waals surface area contributed by atoms with Crippen molar-refractivity contribution < 1.29 is 22.6 Å². The fourth-order valence-corrected chi connectivity index (χ4v) is 3.47. The van der Waals surface area contributed by atoms with Gasteiger partial charge < -0.3 is 14.0 Å². The Kier molecular flexibility index (Phi) is 5.34. The number of imidazole rings is 1. The van der Waals surface area contributed by atoms with Crippen LogP contribution in [-0.2, 0) is 11.3 Å². The molecule has 2 heterocycles.